The van der Waals surface area contributed by atoms with E-state index >= 15 is 0 Å². The monoisotopic (exact) mass is 203 g/mol. The Bertz CT molecular complexity index is 207. The number of nitrogens with zero attached hydrogens (tertiary/aromatic N) is 1. The number of alkyl halides is 2. The fraction of sp³-hybridized carbons (Fsp3) is 1.00. The van der Waals surface area contributed by atoms with E-state index in [0.717, 1.165) is 19.5 Å². The van der Waals surface area contributed by atoms with Gasteiger partial charge in [-0.3, -0.25) is 0 Å². The van der Waals surface area contributed by atoms with Gasteiger partial charge in [-0.1, -0.05) is 0 Å². The van der Waals surface area contributed by atoms with Crippen LogP contribution >= 0.6 is 0 Å². The molecule has 0 bridgehead atoms. The Hall–Kier alpha value is -0.180. The zero-order chi connectivity index (χ0) is 10.3. The molecule has 2 aliphatic rings. The lowest BCUT2D eigenvalue weighted by Crippen LogP contribution is -2.40. The maximum atomic E-state index is 12.7. The smallest absolute Gasteiger partial charge is 0.248 e. The molecule has 0 N–H and O–H groups in total. The molecule has 0 amide bonds. The van der Waals surface area contributed by atoms with Crippen molar-refractivity contribution in [3.8, 4) is 0 Å². The van der Waals surface area contributed by atoms with E-state index in [1.54, 1.807) is 0 Å². The van der Waals surface area contributed by atoms with Crippen LogP contribution < -0.4 is 0 Å². The quantitative estimate of drug-likeness (QED) is 0.667. The Morgan fingerprint density at radius 3 is 2.29 bits per heavy atom. The molecule has 1 saturated carbocycles. The first kappa shape index (κ1) is 10.3. The van der Waals surface area contributed by atoms with Gasteiger partial charge in [0, 0.05) is 25.4 Å². The highest BCUT2D eigenvalue weighted by molar-refractivity contribution is 4.93. The molecule has 0 radical (unpaired) electrons. The third-order valence-corrected chi connectivity index (χ3v) is 3.77. The van der Waals surface area contributed by atoms with E-state index in [1.165, 1.54) is 0 Å². The third-order valence-electron chi connectivity index (χ3n) is 3.77. The van der Waals surface area contributed by atoms with Crippen molar-refractivity contribution >= 4 is 0 Å². The standard InChI is InChI=1S/C11H19F2N/c1-8(2)14-4-3-9(7-14)10-5-11(12,13)6-10/h8-10H,3-7H2,1-2H3. The highest BCUT2D eigenvalue weighted by Crippen LogP contribution is 2.48. The minimum atomic E-state index is -2.34. The highest BCUT2D eigenvalue weighted by atomic mass is 19.3. The molecule has 0 aromatic rings. The maximum absolute atomic E-state index is 12.7. The molecule has 1 aliphatic heterocycles. The molecule has 1 atom stereocenters. The van der Waals surface area contributed by atoms with E-state index < -0.39 is 5.92 Å². The molecular formula is C11H19F2N. The van der Waals surface area contributed by atoms with Crippen molar-refractivity contribution in [1.29, 1.82) is 0 Å². The van der Waals surface area contributed by atoms with Gasteiger partial charge in [-0.2, -0.15) is 0 Å². The summed E-state index contributed by atoms with van der Waals surface area (Å²) in [6, 6.07) is 0.570. The van der Waals surface area contributed by atoms with E-state index in [9.17, 15) is 8.78 Å². The largest absolute Gasteiger partial charge is 0.301 e. The normalized spacial score (nSPS) is 33.6. The zero-order valence-corrected chi connectivity index (χ0v) is 8.97. The van der Waals surface area contributed by atoms with Crippen LogP contribution in [0.1, 0.15) is 33.1 Å². The lowest BCUT2D eigenvalue weighted by Gasteiger charge is -2.39. The second-order valence-corrected chi connectivity index (χ2v) is 5.16. The van der Waals surface area contributed by atoms with E-state index in [2.05, 4.69) is 18.7 Å². The number of likely N-dealkylation sites (tertiary alicyclic amines) is 1. The average molecular weight is 203 g/mol. The number of hydrogen-bond donors (Lipinski definition) is 0. The summed E-state index contributed by atoms with van der Waals surface area (Å²) < 4.78 is 25.4. The summed E-state index contributed by atoms with van der Waals surface area (Å²) in [5.74, 6) is -1.50. The van der Waals surface area contributed by atoms with Crippen molar-refractivity contribution in [3.63, 3.8) is 0 Å². The van der Waals surface area contributed by atoms with Crippen molar-refractivity contribution < 1.29 is 8.78 Å². The molecule has 3 heteroatoms. The van der Waals surface area contributed by atoms with E-state index in [4.69, 9.17) is 0 Å². The number of rotatable bonds is 2. The fourth-order valence-corrected chi connectivity index (χ4v) is 2.71. The van der Waals surface area contributed by atoms with Gasteiger partial charge in [0.2, 0.25) is 5.92 Å². The van der Waals surface area contributed by atoms with E-state index in [-0.39, 0.29) is 12.8 Å². The minimum Gasteiger partial charge on any atom is -0.301 e. The van der Waals surface area contributed by atoms with Gasteiger partial charge in [-0.15, -0.1) is 0 Å². The van der Waals surface area contributed by atoms with Crippen LogP contribution in [0.5, 0.6) is 0 Å². The van der Waals surface area contributed by atoms with Gasteiger partial charge in [0.05, 0.1) is 0 Å². The topological polar surface area (TPSA) is 3.24 Å². The van der Waals surface area contributed by atoms with Gasteiger partial charge in [0.25, 0.3) is 0 Å². The lowest BCUT2D eigenvalue weighted by atomic mass is 9.73. The molecule has 1 saturated heterocycles. The summed E-state index contributed by atoms with van der Waals surface area (Å²) in [4.78, 5) is 2.40. The average Bonchev–Trinajstić information content (AvgIpc) is 2.47. The van der Waals surface area contributed by atoms with Gasteiger partial charge in [0.15, 0.2) is 0 Å². The molecule has 82 valence electrons. The summed E-state index contributed by atoms with van der Waals surface area (Å²) >= 11 is 0. The SMILES string of the molecule is CC(C)N1CCC(C2CC(F)(F)C2)C1. The predicted octanol–water partition coefficient (Wildman–Crippen LogP) is 2.76. The van der Waals surface area contributed by atoms with Crippen LogP contribution in [0.15, 0.2) is 0 Å². The van der Waals surface area contributed by atoms with Crippen LogP contribution in [0, 0.1) is 11.8 Å². The van der Waals surface area contributed by atoms with Crippen LogP contribution in [0.25, 0.3) is 0 Å². The number of hydrogen-bond acceptors (Lipinski definition) is 1. The van der Waals surface area contributed by atoms with Crippen LogP contribution in [-0.4, -0.2) is 30.0 Å². The summed E-state index contributed by atoms with van der Waals surface area (Å²) in [7, 11) is 0. The molecule has 2 rings (SSSR count). The van der Waals surface area contributed by atoms with E-state index in [0.29, 0.717) is 17.9 Å². The first-order valence-corrected chi connectivity index (χ1v) is 5.60. The summed E-state index contributed by atoms with van der Waals surface area (Å²) in [5.41, 5.74) is 0. The van der Waals surface area contributed by atoms with Crippen LogP contribution in [0.4, 0.5) is 8.78 Å². The van der Waals surface area contributed by atoms with Gasteiger partial charge >= 0.3 is 0 Å². The van der Waals surface area contributed by atoms with Crippen molar-refractivity contribution in [1.82, 2.24) is 4.90 Å². The molecule has 14 heavy (non-hydrogen) atoms. The van der Waals surface area contributed by atoms with Gasteiger partial charge < -0.3 is 4.90 Å². The summed E-state index contributed by atoms with van der Waals surface area (Å²) in [6.07, 6.45) is 1.41. The Labute approximate surface area is 84.5 Å². The van der Waals surface area contributed by atoms with Crippen molar-refractivity contribution in [2.45, 2.75) is 45.1 Å². The van der Waals surface area contributed by atoms with Crippen molar-refractivity contribution in [2.75, 3.05) is 13.1 Å². The molecule has 1 unspecified atom stereocenters. The number of halogens is 2. The highest BCUT2D eigenvalue weighted by Gasteiger charge is 2.49. The van der Waals surface area contributed by atoms with Gasteiger partial charge in [-0.05, 0) is 38.6 Å². The first-order chi connectivity index (χ1) is 6.48. The molecule has 1 aliphatic carbocycles. The van der Waals surface area contributed by atoms with Crippen LogP contribution in [0.2, 0.25) is 0 Å². The maximum Gasteiger partial charge on any atom is 0.248 e. The fourth-order valence-electron chi connectivity index (χ4n) is 2.71. The Balaban J connectivity index is 1.80. The Morgan fingerprint density at radius 1 is 1.21 bits per heavy atom. The third kappa shape index (κ3) is 1.92. The summed E-state index contributed by atoms with van der Waals surface area (Å²) in [5, 5.41) is 0. The molecular weight excluding hydrogens is 184 g/mol. The molecule has 2 fully saturated rings. The van der Waals surface area contributed by atoms with Gasteiger partial charge in [0.1, 0.15) is 0 Å². The summed E-state index contributed by atoms with van der Waals surface area (Å²) in [6.45, 7) is 6.50. The molecule has 1 heterocycles. The van der Waals surface area contributed by atoms with Crippen LogP contribution in [0.3, 0.4) is 0 Å². The van der Waals surface area contributed by atoms with Gasteiger partial charge in [-0.25, -0.2) is 8.78 Å². The Kier molecular flexibility index (Phi) is 2.54. The second kappa shape index (κ2) is 3.44. The van der Waals surface area contributed by atoms with Crippen LogP contribution in [-0.2, 0) is 0 Å². The lowest BCUT2D eigenvalue weighted by molar-refractivity contribution is -0.124. The zero-order valence-electron chi connectivity index (χ0n) is 8.97. The predicted molar refractivity (Wildman–Crippen MR) is 52.5 cm³/mol. The second-order valence-electron chi connectivity index (χ2n) is 5.16. The molecule has 0 aromatic heterocycles. The van der Waals surface area contributed by atoms with E-state index in [1.807, 2.05) is 0 Å². The molecule has 1 nitrogen and oxygen atoms in total. The minimum absolute atomic E-state index is 0.142. The Morgan fingerprint density at radius 2 is 1.86 bits per heavy atom. The van der Waals surface area contributed by atoms with Crippen molar-refractivity contribution in [3.05, 3.63) is 0 Å². The molecule has 0 aromatic carbocycles. The van der Waals surface area contributed by atoms with Crippen molar-refractivity contribution in [2.24, 2.45) is 11.8 Å². The first-order valence-electron chi connectivity index (χ1n) is 5.60. The molecule has 0 spiro atoms.